The lowest BCUT2D eigenvalue weighted by atomic mass is 10.1. The summed E-state index contributed by atoms with van der Waals surface area (Å²) >= 11 is 3.35. The van der Waals surface area contributed by atoms with Crippen molar-refractivity contribution in [3.05, 3.63) is 64.1 Å². The monoisotopic (exact) mass is 311 g/mol. The van der Waals surface area contributed by atoms with Gasteiger partial charge in [0.1, 0.15) is 11.6 Å². The normalized spacial score (nSPS) is 12.2. The van der Waals surface area contributed by atoms with Crippen molar-refractivity contribution in [3.8, 4) is 0 Å². The Balaban J connectivity index is 2.18. The molecule has 0 heterocycles. The van der Waals surface area contributed by atoms with Gasteiger partial charge in [-0.15, -0.1) is 0 Å². The first-order valence-electron chi connectivity index (χ1n) is 5.53. The number of nitrogens with one attached hydrogen (secondary N) is 1. The maximum Gasteiger partial charge on any atom is 0.125 e. The van der Waals surface area contributed by atoms with Crippen LogP contribution < -0.4 is 5.32 Å². The zero-order valence-electron chi connectivity index (χ0n) is 9.75. The van der Waals surface area contributed by atoms with Crippen molar-refractivity contribution in [1.29, 1.82) is 0 Å². The molecule has 2 rings (SSSR count). The van der Waals surface area contributed by atoms with Crippen LogP contribution in [0.2, 0.25) is 0 Å². The summed E-state index contributed by atoms with van der Waals surface area (Å²) in [6.07, 6.45) is 0. The van der Waals surface area contributed by atoms with Crippen molar-refractivity contribution < 1.29 is 8.78 Å². The van der Waals surface area contributed by atoms with Gasteiger partial charge in [-0.2, -0.15) is 0 Å². The summed E-state index contributed by atoms with van der Waals surface area (Å²) in [5.74, 6) is -0.565. The second-order valence-corrected chi connectivity index (χ2v) is 4.90. The molecular formula is C14H12BrF2N. The fourth-order valence-corrected chi connectivity index (χ4v) is 2.04. The van der Waals surface area contributed by atoms with E-state index >= 15 is 0 Å². The predicted octanol–water partition coefficient (Wildman–Crippen LogP) is 4.90. The highest BCUT2D eigenvalue weighted by Crippen LogP contribution is 2.27. The molecule has 18 heavy (non-hydrogen) atoms. The van der Waals surface area contributed by atoms with E-state index in [9.17, 15) is 8.78 Å². The van der Waals surface area contributed by atoms with Gasteiger partial charge in [0.15, 0.2) is 0 Å². The smallest absolute Gasteiger partial charge is 0.125 e. The second-order valence-electron chi connectivity index (χ2n) is 4.04. The van der Waals surface area contributed by atoms with Crippen LogP contribution in [-0.4, -0.2) is 0 Å². The molecule has 0 amide bonds. The highest BCUT2D eigenvalue weighted by atomic mass is 79.9. The summed E-state index contributed by atoms with van der Waals surface area (Å²) in [6, 6.07) is 10.7. The van der Waals surface area contributed by atoms with Crippen LogP contribution in [0.25, 0.3) is 0 Å². The molecule has 1 nitrogen and oxygen atoms in total. The minimum Gasteiger partial charge on any atom is -0.378 e. The molecule has 0 saturated carbocycles. The Bertz CT molecular complexity index is 540. The fourth-order valence-electron chi connectivity index (χ4n) is 1.68. The van der Waals surface area contributed by atoms with Crippen LogP contribution in [0.3, 0.4) is 0 Å². The fraction of sp³-hybridized carbons (Fsp3) is 0.143. The van der Waals surface area contributed by atoms with Crippen molar-refractivity contribution in [1.82, 2.24) is 0 Å². The van der Waals surface area contributed by atoms with Crippen molar-refractivity contribution >= 4 is 21.6 Å². The molecule has 0 aliphatic carbocycles. The van der Waals surface area contributed by atoms with Gasteiger partial charge in [0, 0.05) is 10.5 Å². The van der Waals surface area contributed by atoms with Crippen LogP contribution in [-0.2, 0) is 0 Å². The van der Waals surface area contributed by atoms with E-state index in [0.717, 1.165) is 10.0 Å². The largest absolute Gasteiger partial charge is 0.378 e. The minimum absolute atomic E-state index is 0.0382. The molecule has 0 spiro atoms. The zero-order chi connectivity index (χ0) is 13.1. The molecule has 1 N–H and O–H groups in total. The number of anilines is 1. The second kappa shape index (κ2) is 5.48. The molecular weight excluding hydrogens is 300 g/mol. The van der Waals surface area contributed by atoms with E-state index < -0.39 is 0 Å². The van der Waals surface area contributed by atoms with Gasteiger partial charge in [0.05, 0.1) is 5.69 Å². The Kier molecular flexibility index (Phi) is 3.97. The van der Waals surface area contributed by atoms with Crippen molar-refractivity contribution in [3.63, 3.8) is 0 Å². The molecule has 1 atom stereocenters. The Morgan fingerprint density at radius 3 is 2.28 bits per heavy atom. The molecule has 0 radical (unpaired) electrons. The van der Waals surface area contributed by atoms with Gasteiger partial charge in [0.25, 0.3) is 0 Å². The lowest BCUT2D eigenvalue weighted by Crippen LogP contribution is -2.07. The number of halogens is 3. The summed E-state index contributed by atoms with van der Waals surface area (Å²) in [4.78, 5) is 0. The first kappa shape index (κ1) is 13.0. The third kappa shape index (κ3) is 3.07. The van der Waals surface area contributed by atoms with E-state index in [-0.39, 0.29) is 17.7 Å². The summed E-state index contributed by atoms with van der Waals surface area (Å²) in [7, 11) is 0. The number of rotatable bonds is 3. The molecule has 0 aromatic heterocycles. The lowest BCUT2D eigenvalue weighted by molar-refractivity contribution is 0.626. The first-order valence-corrected chi connectivity index (χ1v) is 6.32. The van der Waals surface area contributed by atoms with Crippen LogP contribution in [0.5, 0.6) is 0 Å². The van der Waals surface area contributed by atoms with E-state index in [1.807, 2.05) is 6.92 Å². The zero-order valence-corrected chi connectivity index (χ0v) is 11.3. The molecule has 1 unspecified atom stereocenters. The number of hydrogen-bond acceptors (Lipinski definition) is 1. The summed E-state index contributed by atoms with van der Waals surface area (Å²) < 4.78 is 26.7. The van der Waals surface area contributed by atoms with E-state index in [2.05, 4.69) is 21.2 Å². The van der Waals surface area contributed by atoms with Gasteiger partial charge < -0.3 is 5.32 Å². The quantitative estimate of drug-likeness (QED) is 0.850. The Labute approximate surface area is 113 Å². The highest BCUT2D eigenvalue weighted by molar-refractivity contribution is 9.10. The van der Waals surface area contributed by atoms with Crippen molar-refractivity contribution in [2.75, 3.05) is 5.32 Å². The van der Waals surface area contributed by atoms with Gasteiger partial charge in [-0.1, -0.05) is 12.1 Å². The van der Waals surface area contributed by atoms with Crippen LogP contribution in [0.15, 0.2) is 46.9 Å². The maximum absolute atomic E-state index is 13.1. The summed E-state index contributed by atoms with van der Waals surface area (Å²) in [6.45, 7) is 1.94. The Hall–Kier alpha value is -1.42. The summed E-state index contributed by atoms with van der Waals surface area (Å²) in [5, 5.41) is 3.18. The van der Waals surface area contributed by atoms with Crippen LogP contribution in [0.4, 0.5) is 14.5 Å². The lowest BCUT2D eigenvalue weighted by Gasteiger charge is -2.17. The number of hydrogen-bond donors (Lipinski definition) is 1. The average molecular weight is 312 g/mol. The topological polar surface area (TPSA) is 12.0 Å². The van der Waals surface area contributed by atoms with Gasteiger partial charge in [-0.05, 0) is 58.7 Å². The third-order valence-corrected chi connectivity index (χ3v) is 3.36. The molecule has 2 aromatic carbocycles. The average Bonchev–Trinajstić information content (AvgIpc) is 2.34. The Morgan fingerprint density at radius 1 is 1.00 bits per heavy atom. The van der Waals surface area contributed by atoms with E-state index in [1.165, 1.54) is 24.3 Å². The molecule has 2 aromatic rings. The molecule has 4 heteroatoms. The molecule has 0 bridgehead atoms. The van der Waals surface area contributed by atoms with Crippen LogP contribution >= 0.6 is 15.9 Å². The van der Waals surface area contributed by atoms with Gasteiger partial charge in [-0.25, -0.2) is 8.78 Å². The van der Waals surface area contributed by atoms with Gasteiger partial charge in [0.2, 0.25) is 0 Å². The molecule has 0 saturated heterocycles. The molecule has 94 valence electrons. The van der Waals surface area contributed by atoms with Gasteiger partial charge >= 0.3 is 0 Å². The third-order valence-electron chi connectivity index (χ3n) is 2.67. The molecule has 0 fully saturated rings. The standard InChI is InChI=1S/C14H12BrF2N/c1-9(10-2-4-11(16)5-3-10)18-14-8-12(17)6-7-13(14)15/h2-9,18H,1H3. The molecule has 0 aliphatic heterocycles. The maximum atomic E-state index is 13.1. The predicted molar refractivity (Wildman–Crippen MR) is 72.5 cm³/mol. The number of benzene rings is 2. The highest BCUT2D eigenvalue weighted by Gasteiger charge is 2.08. The van der Waals surface area contributed by atoms with Crippen molar-refractivity contribution in [2.24, 2.45) is 0 Å². The van der Waals surface area contributed by atoms with Crippen LogP contribution in [0.1, 0.15) is 18.5 Å². The van der Waals surface area contributed by atoms with Crippen molar-refractivity contribution in [2.45, 2.75) is 13.0 Å². The van der Waals surface area contributed by atoms with E-state index in [1.54, 1.807) is 18.2 Å². The SMILES string of the molecule is CC(Nc1cc(F)ccc1Br)c1ccc(F)cc1. The minimum atomic E-state index is -0.299. The van der Waals surface area contributed by atoms with E-state index in [0.29, 0.717) is 5.69 Å². The Morgan fingerprint density at radius 2 is 1.61 bits per heavy atom. The van der Waals surface area contributed by atoms with E-state index in [4.69, 9.17) is 0 Å². The first-order chi connectivity index (χ1) is 8.56. The molecule has 0 aliphatic rings. The van der Waals surface area contributed by atoms with Crippen LogP contribution in [0, 0.1) is 11.6 Å². The summed E-state index contributed by atoms with van der Waals surface area (Å²) in [5.41, 5.74) is 1.61. The van der Waals surface area contributed by atoms with Gasteiger partial charge in [-0.3, -0.25) is 0 Å².